The number of methoxy groups -OCH3 is 3. The lowest BCUT2D eigenvalue weighted by Gasteiger charge is -2.32. The molecule has 2 atom stereocenters. The number of fused-ring (bicyclic) bond motifs is 1. The maximum absolute atomic E-state index is 5.73. The van der Waals surface area contributed by atoms with Crippen LogP contribution in [0.25, 0.3) is 0 Å². The Morgan fingerprint density at radius 2 is 1.90 bits per heavy atom. The fourth-order valence-corrected chi connectivity index (χ4v) is 4.21. The summed E-state index contributed by atoms with van der Waals surface area (Å²) in [6, 6.07) is 14.4. The van der Waals surface area contributed by atoms with E-state index in [-0.39, 0.29) is 6.04 Å². The van der Waals surface area contributed by atoms with E-state index in [1.54, 1.807) is 21.3 Å². The molecule has 0 saturated carbocycles. The molecule has 0 radical (unpaired) electrons. The van der Waals surface area contributed by atoms with E-state index in [2.05, 4.69) is 39.8 Å². The van der Waals surface area contributed by atoms with Gasteiger partial charge in [0.1, 0.15) is 18.0 Å². The molecule has 1 N–H and O–H groups in total. The SMILES string of the molecule is COCCn1nnnc1[C@H](c1cc(OC)ccc1OC)[NH+]1CCc2ccccc2C1. The third kappa shape index (κ3) is 4.01. The second kappa shape index (κ2) is 9.23. The van der Waals surface area contributed by atoms with Crippen LogP contribution >= 0.6 is 0 Å². The van der Waals surface area contributed by atoms with Crippen LogP contribution in [0.15, 0.2) is 42.5 Å². The van der Waals surface area contributed by atoms with Crippen molar-refractivity contribution in [3.63, 3.8) is 0 Å². The first-order valence-corrected chi connectivity index (χ1v) is 10.1. The molecule has 0 amide bonds. The fraction of sp³-hybridized carbons (Fsp3) is 0.409. The number of hydrogen-bond donors (Lipinski definition) is 1. The molecular formula is C22H28N5O3+. The van der Waals surface area contributed by atoms with Gasteiger partial charge in [0.15, 0.2) is 6.04 Å². The van der Waals surface area contributed by atoms with E-state index in [0.29, 0.717) is 13.2 Å². The van der Waals surface area contributed by atoms with E-state index in [9.17, 15) is 0 Å². The lowest BCUT2D eigenvalue weighted by atomic mass is 9.95. The Morgan fingerprint density at radius 1 is 1.07 bits per heavy atom. The highest BCUT2D eigenvalue weighted by molar-refractivity contribution is 5.43. The van der Waals surface area contributed by atoms with Crippen molar-refractivity contribution in [1.29, 1.82) is 0 Å². The van der Waals surface area contributed by atoms with Crippen molar-refractivity contribution in [2.45, 2.75) is 25.6 Å². The number of tetrazole rings is 1. The Kier molecular flexibility index (Phi) is 6.25. The summed E-state index contributed by atoms with van der Waals surface area (Å²) in [6.45, 7) is 2.99. The highest BCUT2D eigenvalue weighted by Crippen LogP contribution is 2.31. The van der Waals surface area contributed by atoms with Crippen LogP contribution in [-0.2, 0) is 24.2 Å². The van der Waals surface area contributed by atoms with Crippen LogP contribution in [0.5, 0.6) is 11.5 Å². The van der Waals surface area contributed by atoms with Gasteiger partial charge in [0.2, 0.25) is 5.82 Å². The minimum atomic E-state index is -0.102. The highest BCUT2D eigenvalue weighted by atomic mass is 16.5. The monoisotopic (exact) mass is 410 g/mol. The molecule has 2 heterocycles. The van der Waals surface area contributed by atoms with Gasteiger partial charge in [-0.15, -0.1) is 5.10 Å². The van der Waals surface area contributed by atoms with Crippen molar-refractivity contribution >= 4 is 0 Å². The summed E-state index contributed by atoms with van der Waals surface area (Å²) in [5.41, 5.74) is 3.79. The van der Waals surface area contributed by atoms with Crippen molar-refractivity contribution in [2.24, 2.45) is 0 Å². The number of aromatic nitrogens is 4. The molecule has 8 heteroatoms. The Morgan fingerprint density at radius 3 is 2.67 bits per heavy atom. The van der Waals surface area contributed by atoms with Gasteiger partial charge in [-0.25, -0.2) is 4.68 Å². The fourth-order valence-electron chi connectivity index (χ4n) is 4.21. The van der Waals surface area contributed by atoms with Crippen molar-refractivity contribution in [3.05, 3.63) is 65.0 Å². The van der Waals surface area contributed by atoms with Crippen molar-refractivity contribution in [2.75, 3.05) is 34.5 Å². The predicted molar refractivity (Wildman–Crippen MR) is 111 cm³/mol. The van der Waals surface area contributed by atoms with Gasteiger partial charge in [-0.05, 0) is 34.2 Å². The smallest absolute Gasteiger partial charge is 0.214 e. The van der Waals surface area contributed by atoms with Gasteiger partial charge in [-0.1, -0.05) is 24.3 Å². The lowest BCUT2D eigenvalue weighted by Crippen LogP contribution is -3.12. The summed E-state index contributed by atoms with van der Waals surface area (Å²) >= 11 is 0. The Hall–Kier alpha value is -2.97. The van der Waals surface area contributed by atoms with Crippen LogP contribution in [0.2, 0.25) is 0 Å². The zero-order valence-electron chi connectivity index (χ0n) is 17.7. The first-order chi connectivity index (χ1) is 14.7. The molecule has 1 aromatic heterocycles. The van der Waals surface area contributed by atoms with Gasteiger partial charge in [0, 0.05) is 19.1 Å². The van der Waals surface area contributed by atoms with Crippen molar-refractivity contribution in [3.8, 4) is 11.5 Å². The summed E-state index contributed by atoms with van der Waals surface area (Å²) < 4.78 is 18.3. The van der Waals surface area contributed by atoms with Gasteiger partial charge in [0.05, 0.1) is 39.5 Å². The van der Waals surface area contributed by atoms with Gasteiger partial charge >= 0.3 is 0 Å². The molecule has 8 nitrogen and oxygen atoms in total. The molecule has 4 rings (SSSR count). The zero-order valence-corrected chi connectivity index (χ0v) is 17.7. The average Bonchev–Trinajstić information content (AvgIpc) is 3.25. The third-order valence-corrected chi connectivity index (χ3v) is 5.73. The number of benzene rings is 2. The molecule has 1 aliphatic heterocycles. The molecule has 3 aromatic rings. The van der Waals surface area contributed by atoms with Gasteiger partial charge in [-0.2, -0.15) is 0 Å². The highest BCUT2D eigenvalue weighted by Gasteiger charge is 2.36. The van der Waals surface area contributed by atoms with Crippen LogP contribution in [0.3, 0.4) is 0 Å². The quantitative estimate of drug-likeness (QED) is 0.599. The number of quaternary nitrogens is 1. The van der Waals surface area contributed by atoms with E-state index >= 15 is 0 Å². The minimum absolute atomic E-state index is 0.102. The molecule has 0 bridgehead atoms. The van der Waals surface area contributed by atoms with Crippen LogP contribution < -0.4 is 14.4 Å². The summed E-state index contributed by atoms with van der Waals surface area (Å²) in [5.74, 6) is 2.38. The summed E-state index contributed by atoms with van der Waals surface area (Å²) in [4.78, 5) is 1.37. The van der Waals surface area contributed by atoms with E-state index in [1.807, 2.05) is 22.9 Å². The van der Waals surface area contributed by atoms with Crippen LogP contribution in [0.1, 0.15) is 28.6 Å². The Balaban J connectivity index is 1.80. The molecule has 0 fully saturated rings. The van der Waals surface area contributed by atoms with Gasteiger partial charge < -0.3 is 19.1 Å². The maximum Gasteiger partial charge on any atom is 0.214 e. The molecule has 0 aliphatic carbocycles. The number of ether oxygens (including phenoxy) is 3. The van der Waals surface area contributed by atoms with Gasteiger partial charge in [0.25, 0.3) is 0 Å². The third-order valence-electron chi connectivity index (χ3n) is 5.73. The van der Waals surface area contributed by atoms with E-state index in [0.717, 1.165) is 42.4 Å². The molecule has 0 spiro atoms. The molecule has 2 aromatic carbocycles. The summed E-state index contributed by atoms with van der Waals surface area (Å²) in [5, 5.41) is 12.6. The lowest BCUT2D eigenvalue weighted by molar-refractivity contribution is -0.941. The largest absolute Gasteiger partial charge is 0.497 e. The van der Waals surface area contributed by atoms with E-state index in [1.165, 1.54) is 16.0 Å². The number of nitrogens with one attached hydrogen (secondary N) is 1. The molecule has 1 unspecified atom stereocenters. The Bertz CT molecular complexity index is 990. The van der Waals surface area contributed by atoms with Crippen molar-refractivity contribution in [1.82, 2.24) is 20.2 Å². The molecule has 1 aliphatic rings. The number of nitrogens with zero attached hydrogens (tertiary/aromatic N) is 4. The molecular weight excluding hydrogens is 382 g/mol. The first-order valence-electron chi connectivity index (χ1n) is 10.1. The standard InChI is InChI=1S/C22H27N5O3/c1-28-13-12-27-22(23-24-25-27)21(19-14-18(29-2)8-9-20(19)30-3)26-11-10-16-6-4-5-7-17(16)15-26/h4-9,14,21H,10-13,15H2,1-3H3/p+1/t21-/m0/s1. The summed E-state index contributed by atoms with van der Waals surface area (Å²) in [7, 11) is 5.05. The molecule has 158 valence electrons. The van der Waals surface area contributed by atoms with Crippen molar-refractivity contribution < 1.29 is 19.1 Å². The maximum atomic E-state index is 5.73. The van der Waals surface area contributed by atoms with Crippen LogP contribution in [0, 0.1) is 0 Å². The molecule has 0 saturated heterocycles. The number of hydrogen-bond acceptors (Lipinski definition) is 6. The van der Waals surface area contributed by atoms with Gasteiger partial charge in [-0.3, -0.25) is 0 Å². The minimum Gasteiger partial charge on any atom is -0.497 e. The number of rotatable bonds is 8. The predicted octanol–water partition coefficient (Wildman–Crippen LogP) is 1.07. The van der Waals surface area contributed by atoms with E-state index < -0.39 is 0 Å². The second-order valence-electron chi connectivity index (χ2n) is 7.40. The van der Waals surface area contributed by atoms with Crippen LogP contribution in [0.4, 0.5) is 0 Å². The normalized spacial score (nSPS) is 16.7. The van der Waals surface area contributed by atoms with Crippen LogP contribution in [-0.4, -0.2) is 54.7 Å². The topological polar surface area (TPSA) is 75.7 Å². The first kappa shape index (κ1) is 20.3. The Labute approximate surface area is 176 Å². The second-order valence-corrected chi connectivity index (χ2v) is 7.40. The zero-order chi connectivity index (χ0) is 20.9. The average molecular weight is 410 g/mol. The van der Waals surface area contributed by atoms with E-state index in [4.69, 9.17) is 14.2 Å². The molecule has 30 heavy (non-hydrogen) atoms. The summed E-state index contributed by atoms with van der Waals surface area (Å²) in [6.07, 6.45) is 1.01.